The van der Waals surface area contributed by atoms with Gasteiger partial charge in [0, 0.05) is 26.7 Å². The fourth-order valence-electron chi connectivity index (χ4n) is 3.44. The van der Waals surface area contributed by atoms with Crippen LogP contribution in [-0.4, -0.2) is 47.8 Å². The largest absolute Gasteiger partial charge is 0.350 e. The zero-order chi connectivity index (χ0) is 19.6. The molecule has 27 heavy (non-hydrogen) atoms. The molecule has 1 aromatic heterocycles. The molecular formula is C19H26N4O3S. The van der Waals surface area contributed by atoms with Crippen LogP contribution >= 0.6 is 0 Å². The maximum Gasteiger partial charge on any atom is 0.269 e. The van der Waals surface area contributed by atoms with Gasteiger partial charge in [-0.15, -0.1) is 0 Å². The lowest BCUT2D eigenvalue weighted by Gasteiger charge is -2.32. The van der Waals surface area contributed by atoms with E-state index in [0.29, 0.717) is 30.2 Å². The first-order chi connectivity index (χ1) is 12.8. The van der Waals surface area contributed by atoms with Gasteiger partial charge in [-0.2, -0.15) is 4.31 Å². The van der Waals surface area contributed by atoms with E-state index in [-0.39, 0.29) is 11.8 Å². The number of nitrogens with zero attached hydrogens (tertiary/aromatic N) is 3. The fraction of sp³-hybridized carbons (Fsp3) is 0.474. The Morgan fingerprint density at radius 1 is 1.33 bits per heavy atom. The van der Waals surface area contributed by atoms with E-state index in [9.17, 15) is 13.2 Å². The second kappa shape index (κ2) is 7.82. The van der Waals surface area contributed by atoms with Crippen LogP contribution in [0, 0.1) is 19.8 Å². The number of hydrogen-bond donors (Lipinski definition) is 1. The highest BCUT2D eigenvalue weighted by atomic mass is 32.2. The van der Waals surface area contributed by atoms with Gasteiger partial charge in [-0.05, 0) is 49.8 Å². The van der Waals surface area contributed by atoms with Gasteiger partial charge in [0.25, 0.3) is 5.91 Å². The average Bonchev–Trinajstić information content (AvgIpc) is 3.08. The van der Waals surface area contributed by atoms with E-state index in [4.69, 9.17) is 0 Å². The lowest BCUT2D eigenvalue weighted by molar-refractivity contribution is 0.0933. The zero-order valence-corrected chi connectivity index (χ0v) is 16.8. The van der Waals surface area contributed by atoms with Crippen molar-refractivity contribution in [3.63, 3.8) is 0 Å². The van der Waals surface area contributed by atoms with Crippen molar-refractivity contribution in [2.24, 2.45) is 13.0 Å². The van der Waals surface area contributed by atoms with Crippen LogP contribution in [0.2, 0.25) is 0 Å². The summed E-state index contributed by atoms with van der Waals surface area (Å²) in [5.41, 5.74) is 2.18. The van der Waals surface area contributed by atoms with E-state index in [1.54, 1.807) is 28.3 Å². The van der Waals surface area contributed by atoms with Crippen molar-refractivity contribution >= 4 is 15.9 Å². The molecule has 146 valence electrons. The Kier molecular flexibility index (Phi) is 5.67. The minimum absolute atomic E-state index is 0.0933. The topological polar surface area (TPSA) is 84.3 Å². The number of amides is 1. The van der Waals surface area contributed by atoms with Crippen molar-refractivity contribution in [3.8, 4) is 0 Å². The van der Waals surface area contributed by atoms with Crippen molar-refractivity contribution in [2.75, 3.05) is 19.6 Å². The van der Waals surface area contributed by atoms with E-state index in [2.05, 4.69) is 10.3 Å². The molecule has 1 atom stereocenters. The summed E-state index contributed by atoms with van der Waals surface area (Å²) in [6.45, 7) is 5.10. The first kappa shape index (κ1) is 19.6. The summed E-state index contributed by atoms with van der Waals surface area (Å²) in [5.74, 6) is -0.0969. The maximum absolute atomic E-state index is 13.1. The van der Waals surface area contributed by atoms with Crippen LogP contribution in [0.1, 0.15) is 34.5 Å². The molecule has 1 fully saturated rings. The Balaban J connectivity index is 1.68. The number of sulfonamides is 1. The molecule has 0 spiro atoms. The number of aryl methyl sites for hydroxylation is 3. The molecule has 2 aromatic rings. The van der Waals surface area contributed by atoms with E-state index in [1.165, 1.54) is 6.20 Å². The predicted molar refractivity (Wildman–Crippen MR) is 103 cm³/mol. The average molecular weight is 391 g/mol. The number of imidazole rings is 1. The van der Waals surface area contributed by atoms with Gasteiger partial charge in [0.15, 0.2) is 0 Å². The molecule has 1 aromatic carbocycles. The summed E-state index contributed by atoms with van der Waals surface area (Å²) in [6.07, 6.45) is 4.78. The van der Waals surface area contributed by atoms with Crippen LogP contribution in [0.4, 0.5) is 0 Å². The minimum atomic E-state index is -3.53. The Morgan fingerprint density at radius 2 is 2.11 bits per heavy atom. The first-order valence-corrected chi connectivity index (χ1v) is 10.5. The molecule has 1 aliphatic rings. The van der Waals surface area contributed by atoms with Crippen molar-refractivity contribution in [1.29, 1.82) is 0 Å². The highest BCUT2D eigenvalue weighted by Crippen LogP contribution is 2.26. The molecule has 8 heteroatoms. The SMILES string of the molecule is Cc1ccc(C)c(S(=O)(=O)N2CCCC(CNC(=O)c3cncn3C)C2)c1. The quantitative estimate of drug-likeness (QED) is 0.845. The van der Waals surface area contributed by atoms with Crippen LogP contribution in [-0.2, 0) is 17.1 Å². The maximum atomic E-state index is 13.1. The van der Waals surface area contributed by atoms with Crippen LogP contribution in [0.3, 0.4) is 0 Å². The molecule has 0 aliphatic carbocycles. The molecule has 1 aliphatic heterocycles. The highest BCUT2D eigenvalue weighted by molar-refractivity contribution is 7.89. The van der Waals surface area contributed by atoms with Crippen LogP contribution in [0.15, 0.2) is 35.6 Å². The van der Waals surface area contributed by atoms with Crippen molar-refractivity contribution < 1.29 is 13.2 Å². The van der Waals surface area contributed by atoms with Gasteiger partial charge in [0.05, 0.1) is 17.4 Å². The molecule has 7 nitrogen and oxygen atoms in total. The van der Waals surface area contributed by atoms with Gasteiger partial charge in [-0.1, -0.05) is 12.1 Å². The number of carbonyl (C=O) groups is 1. The van der Waals surface area contributed by atoms with Crippen molar-refractivity contribution in [2.45, 2.75) is 31.6 Å². The molecule has 1 saturated heterocycles. The molecule has 1 unspecified atom stereocenters. The van der Waals surface area contributed by atoms with Gasteiger partial charge in [0.2, 0.25) is 10.0 Å². The number of hydrogen-bond acceptors (Lipinski definition) is 4. The molecule has 3 rings (SSSR count). The minimum Gasteiger partial charge on any atom is -0.350 e. The van der Waals surface area contributed by atoms with E-state index >= 15 is 0 Å². The molecular weight excluding hydrogens is 364 g/mol. The third kappa shape index (κ3) is 4.22. The van der Waals surface area contributed by atoms with Crippen molar-refractivity contribution in [3.05, 3.63) is 47.5 Å². The summed E-state index contributed by atoms with van der Waals surface area (Å²) in [6, 6.07) is 5.50. The van der Waals surface area contributed by atoms with E-state index < -0.39 is 10.0 Å². The summed E-state index contributed by atoms with van der Waals surface area (Å²) >= 11 is 0. The molecule has 1 N–H and O–H groups in total. The number of nitrogens with one attached hydrogen (secondary N) is 1. The standard InChI is InChI=1S/C19H26N4O3S/c1-14-6-7-15(2)18(9-14)27(25,26)23-8-4-5-16(12-23)10-21-19(24)17-11-20-13-22(17)3/h6-7,9,11,13,16H,4-5,8,10,12H2,1-3H3,(H,21,24). The number of aromatic nitrogens is 2. The zero-order valence-electron chi connectivity index (χ0n) is 16.0. The number of carbonyl (C=O) groups excluding carboxylic acids is 1. The Morgan fingerprint density at radius 3 is 2.81 bits per heavy atom. The third-order valence-corrected chi connectivity index (χ3v) is 7.05. The van der Waals surface area contributed by atoms with Crippen LogP contribution < -0.4 is 5.32 Å². The van der Waals surface area contributed by atoms with E-state index in [1.807, 2.05) is 26.0 Å². The fourth-order valence-corrected chi connectivity index (χ4v) is 5.30. The number of rotatable bonds is 5. The molecule has 0 saturated carbocycles. The second-order valence-electron chi connectivity index (χ2n) is 7.24. The summed E-state index contributed by atoms with van der Waals surface area (Å²) < 4.78 is 29.4. The smallest absolute Gasteiger partial charge is 0.269 e. The highest BCUT2D eigenvalue weighted by Gasteiger charge is 2.31. The molecule has 0 radical (unpaired) electrons. The predicted octanol–water partition coefficient (Wildman–Crippen LogP) is 1.87. The Labute approximate surface area is 160 Å². The van der Waals surface area contributed by atoms with Gasteiger partial charge >= 0.3 is 0 Å². The lowest BCUT2D eigenvalue weighted by Crippen LogP contribution is -2.44. The van der Waals surface area contributed by atoms with E-state index in [0.717, 1.165) is 24.0 Å². The number of benzene rings is 1. The molecule has 2 heterocycles. The normalized spacial score (nSPS) is 18.4. The van der Waals surface area contributed by atoms with Crippen LogP contribution in [0.25, 0.3) is 0 Å². The van der Waals surface area contributed by atoms with Crippen LogP contribution in [0.5, 0.6) is 0 Å². The van der Waals surface area contributed by atoms with Gasteiger partial charge in [-0.3, -0.25) is 4.79 Å². The Hall–Kier alpha value is -2.19. The summed E-state index contributed by atoms with van der Waals surface area (Å²) in [4.78, 5) is 16.6. The second-order valence-corrected chi connectivity index (χ2v) is 9.15. The summed E-state index contributed by atoms with van der Waals surface area (Å²) in [5, 5.41) is 2.91. The summed E-state index contributed by atoms with van der Waals surface area (Å²) in [7, 11) is -1.77. The number of piperidine rings is 1. The first-order valence-electron chi connectivity index (χ1n) is 9.11. The van der Waals surface area contributed by atoms with Gasteiger partial charge < -0.3 is 9.88 Å². The van der Waals surface area contributed by atoms with Crippen molar-refractivity contribution in [1.82, 2.24) is 19.2 Å². The van der Waals surface area contributed by atoms with Gasteiger partial charge in [0.1, 0.15) is 5.69 Å². The Bertz CT molecular complexity index is 936. The lowest BCUT2D eigenvalue weighted by atomic mass is 10.00. The monoisotopic (exact) mass is 390 g/mol. The van der Waals surface area contributed by atoms with Gasteiger partial charge in [-0.25, -0.2) is 13.4 Å². The third-order valence-electron chi connectivity index (χ3n) is 5.04. The molecule has 0 bridgehead atoms. The molecule has 1 amide bonds.